The van der Waals surface area contributed by atoms with Crippen molar-refractivity contribution >= 4 is 17.6 Å². The predicted octanol–water partition coefficient (Wildman–Crippen LogP) is 2.71. The van der Waals surface area contributed by atoms with Crippen LogP contribution in [0.4, 0.5) is 5.69 Å². The lowest BCUT2D eigenvalue weighted by atomic mass is 9.94. The number of fused-ring (bicyclic) bond motifs is 1. The summed E-state index contributed by atoms with van der Waals surface area (Å²) in [7, 11) is 0. The number of benzene rings is 2. The number of rotatable bonds is 5. The van der Waals surface area contributed by atoms with Crippen LogP contribution in [0.25, 0.3) is 0 Å². The number of ether oxygens (including phenoxy) is 1. The van der Waals surface area contributed by atoms with Crippen LogP contribution >= 0.6 is 0 Å². The van der Waals surface area contributed by atoms with E-state index in [1.54, 1.807) is 31.2 Å². The van der Waals surface area contributed by atoms with E-state index in [0.29, 0.717) is 11.3 Å². The Labute approximate surface area is 151 Å². The van der Waals surface area contributed by atoms with Crippen LogP contribution in [-0.2, 0) is 26.3 Å². The van der Waals surface area contributed by atoms with Gasteiger partial charge in [-0.3, -0.25) is 4.79 Å². The standard InChI is InChI=1S/C21H19NO4/c1-2-26-19(23)16(14-15-8-4-3-5-9-15)12-13-21(25)17-10-6-7-11-18(17)22-20(21)24/h3-11,13,25H,2,14H2,1H3,(H,22,24)/t12?,21-/m0/s1. The highest BCUT2D eigenvalue weighted by molar-refractivity contribution is 6.06. The van der Waals surface area contributed by atoms with Crippen LogP contribution in [0.3, 0.4) is 0 Å². The monoisotopic (exact) mass is 349 g/mol. The van der Waals surface area contributed by atoms with E-state index in [1.165, 1.54) is 6.08 Å². The quantitative estimate of drug-likeness (QED) is 0.494. The summed E-state index contributed by atoms with van der Waals surface area (Å²) >= 11 is 0. The van der Waals surface area contributed by atoms with Gasteiger partial charge in [0.05, 0.1) is 12.2 Å². The fourth-order valence-corrected chi connectivity index (χ4v) is 2.80. The second-order valence-electron chi connectivity index (χ2n) is 5.92. The minimum atomic E-state index is -1.87. The Kier molecular flexibility index (Phi) is 5.03. The second-order valence-corrected chi connectivity index (χ2v) is 5.92. The van der Waals surface area contributed by atoms with E-state index in [4.69, 9.17) is 4.74 Å². The zero-order valence-corrected chi connectivity index (χ0v) is 14.4. The molecule has 0 bridgehead atoms. The number of nitrogens with one attached hydrogen (secondary N) is 1. The summed E-state index contributed by atoms with van der Waals surface area (Å²) < 4.78 is 5.08. The Morgan fingerprint density at radius 2 is 1.88 bits per heavy atom. The molecule has 1 heterocycles. The van der Waals surface area contributed by atoms with Crippen molar-refractivity contribution in [3.8, 4) is 0 Å². The molecule has 0 aromatic heterocycles. The molecular weight excluding hydrogens is 330 g/mol. The number of carbonyl (C=O) groups is 2. The van der Waals surface area contributed by atoms with Gasteiger partial charge in [-0.25, -0.2) is 4.79 Å². The first-order valence-electron chi connectivity index (χ1n) is 8.35. The normalized spacial score (nSPS) is 17.7. The van der Waals surface area contributed by atoms with Gasteiger partial charge in [-0.2, -0.15) is 0 Å². The number of hydrogen-bond donors (Lipinski definition) is 2. The fourth-order valence-electron chi connectivity index (χ4n) is 2.80. The van der Waals surface area contributed by atoms with Gasteiger partial charge in [0.1, 0.15) is 0 Å². The molecule has 2 aromatic carbocycles. The van der Waals surface area contributed by atoms with Gasteiger partial charge in [-0.15, -0.1) is 5.73 Å². The average Bonchev–Trinajstić information content (AvgIpc) is 2.91. The van der Waals surface area contributed by atoms with E-state index in [0.717, 1.165) is 5.56 Å². The zero-order valence-electron chi connectivity index (χ0n) is 14.4. The van der Waals surface area contributed by atoms with Crippen molar-refractivity contribution in [3.05, 3.63) is 83.1 Å². The molecule has 1 aliphatic heterocycles. The first-order valence-corrected chi connectivity index (χ1v) is 8.35. The lowest BCUT2D eigenvalue weighted by molar-refractivity contribution is -0.138. The van der Waals surface area contributed by atoms with Crippen LogP contribution in [0, 0.1) is 0 Å². The summed E-state index contributed by atoms with van der Waals surface area (Å²) in [5, 5.41) is 13.5. The minimum Gasteiger partial charge on any atom is -0.462 e. The molecule has 0 unspecified atom stereocenters. The second kappa shape index (κ2) is 7.40. The molecule has 5 heteroatoms. The summed E-state index contributed by atoms with van der Waals surface area (Å²) in [6, 6.07) is 16.3. The topological polar surface area (TPSA) is 75.6 Å². The van der Waals surface area contributed by atoms with Crippen molar-refractivity contribution in [3.63, 3.8) is 0 Å². The van der Waals surface area contributed by atoms with Gasteiger partial charge in [0.25, 0.3) is 5.91 Å². The number of esters is 1. The molecule has 2 aromatic rings. The van der Waals surface area contributed by atoms with Crippen molar-refractivity contribution in [2.24, 2.45) is 0 Å². The van der Waals surface area contributed by atoms with E-state index in [9.17, 15) is 14.7 Å². The highest BCUT2D eigenvalue weighted by Gasteiger charge is 2.43. The van der Waals surface area contributed by atoms with Crippen molar-refractivity contribution < 1.29 is 19.4 Å². The van der Waals surface area contributed by atoms with Gasteiger partial charge < -0.3 is 15.2 Å². The average molecular weight is 349 g/mol. The van der Waals surface area contributed by atoms with Crippen molar-refractivity contribution in [1.29, 1.82) is 0 Å². The molecule has 0 fully saturated rings. The van der Waals surface area contributed by atoms with Crippen LogP contribution in [0.5, 0.6) is 0 Å². The van der Waals surface area contributed by atoms with E-state index in [1.807, 2.05) is 30.3 Å². The summed E-state index contributed by atoms with van der Waals surface area (Å²) in [6.07, 6.45) is 1.51. The smallest absolute Gasteiger partial charge is 0.342 e. The molecule has 5 nitrogen and oxygen atoms in total. The molecule has 26 heavy (non-hydrogen) atoms. The highest BCUT2D eigenvalue weighted by atomic mass is 16.5. The third kappa shape index (κ3) is 3.45. The van der Waals surface area contributed by atoms with Crippen LogP contribution in [0.15, 0.2) is 72.0 Å². The van der Waals surface area contributed by atoms with Crippen LogP contribution < -0.4 is 5.32 Å². The van der Waals surface area contributed by atoms with E-state index in [-0.39, 0.29) is 18.6 Å². The predicted molar refractivity (Wildman–Crippen MR) is 97.3 cm³/mol. The molecule has 0 saturated heterocycles. The maximum absolute atomic E-state index is 12.3. The molecule has 1 atom stereocenters. The maximum atomic E-state index is 12.3. The largest absolute Gasteiger partial charge is 0.462 e. The van der Waals surface area contributed by atoms with Crippen molar-refractivity contribution in [1.82, 2.24) is 0 Å². The Morgan fingerprint density at radius 1 is 1.19 bits per heavy atom. The molecule has 1 aliphatic rings. The van der Waals surface area contributed by atoms with Crippen LogP contribution in [-0.4, -0.2) is 23.6 Å². The summed E-state index contributed by atoms with van der Waals surface area (Å²) in [4.78, 5) is 24.5. The van der Waals surface area contributed by atoms with Crippen molar-refractivity contribution in [2.75, 3.05) is 11.9 Å². The van der Waals surface area contributed by atoms with Gasteiger partial charge in [-0.05, 0) is 18.6 Å². The van der Waals surface area contributed by atoms with Gasteiger partial charge >= 0.3 is 5.97 Å². The van der Waals surface area contributed by atoms with Gasteiger partial charge in [0.2, 0.25) is 0 Å². The van der Waals surface area contributed by atoms with E-state index < -0.39 is 17.5 Å². The third-order valence-electron chi connectivity index (χ3n) is 4.13. The van der Waals surface area contributed by atoms with Crippen molar-refractivity contribution in [2.45, 2.75) is 18.9 Å². The molecule has 0 spiro atoms. The molecule has 3 rings (SSSR count). The zero-order chi connectivity index (χ0) is 18.6. The molecule has 0 radical (unpaired) electrons. The number of amides is 1. The SMILES string of the molecule is CCOC(=O)C(=C=C[C@@]1(O)C(=O)Nc2ccccc21)Cc1ccccc1. The Morgan fingerprint density at radius 3 is 2.62 bits per heavy atom. The molecule has 0 saturated carbocycles. The fraction of sp³-hybridized carbons (Fsp3) is 0.190. The van der Waals surface area contributed by atoms with E-state index in [2.05, 4.69) is 11.0 Å². The summed E-state index contributed by atoms with van der Waals surface area (Å²) in [5.41, 5.74) is 3.06. The lowest BCUT2D eigenvalue weighted by Gasteiger charge is -2.14. The van der Waals surface area contributed by atoms with E-state index >= 15 is 0 Å². The number of carbonyl (C=O) groups excluding carboxylic acids is 2. The number of aliphatic hydroxyl groups is 1. The molecule has 132 valence electrons. The van der Waals surface area contributed by atoms with Gasteiger partial charge in [0.15, 0.2) is 5.60 Å². The number of anilines is 1. The highest BCUT2D eigenvalue weighted by Crippen LogP contribution is 2.36. The molecular formula is C21H19NO4. The maximum Gasteiger partial charge on any atom is 0.342 e. The van der Waals surface area contributed by atoms with Gasteiger partial charge in [0, 0.05) is 23.7 Å². The van der Waals surface area contributed by atoms with Gasteiger partial charge in [-0.1, -0.05) is 48.5 Å². The summed E-state index contributed by atoms with van der Waals surface area (Å²) in [5.74, 6) is -1.10. The lowest BCUT2D eigenvalue weighted by Crippen LogP contribution is -2.31. The summed E-state index contributed by atoms with van der Waals surface area (Å²) in [6.45, 7) is 1.95. The Balaban J connectivity index is 2.01. The third-order valence-corrected chi connectivity index (χ3v) is 4.13. The first-order chi connectivity index (χ1) is 12.5. The van der Waals surface area contributed by atoms with Crippen LogP contribution in [0.1, 0.15) is 18.1 Å². The number of para-hydroxylation sites is 1. The minimum absolute atomic E-state index is 0.229. The Bertz CT molecular complexity index is 897. The molecule has 0 aliphatic carbocycles. The molecule has 1 amide bonds. The Hall–Kier alpha value is -3.14. The number of hydrogen-bond acceptors (Lipinski definition) is 4. The molecule has 2 N–H and O–H groups in total. The first kappa shape index (κ1) is 17.7. The van der Waals surface area contributed by atoms with Crippen LogP contribution in [0.2, 0.25) is 0 Å².